The van der Waals surface area contributed by atoms with Crippen molar-refractivity contribution in [3.63, 3.8) is 0 Å². The van der Waals surface area contributed by atoms with E-state index in [0.717, 1.165) is 26.3 Å². The third-order valence-corrected chi connectivity index (χ3v) is 5.50. The minimum atomic E-state index is 0.805. The Bertz CT molecular complexity index is 742. The van der Waals surface area contributed by atoms with E-state index >= 15 is 0 Å². The molecule has 4 heteroatoms. The number of benzene rings is 1. The van der Waals surface area contributed by atoms with Gasteiger partial charge in [-0.05, 0) is 17.5 Å². The van der Waals surface area contributed by atoms with Crippen LogP contribution in [0.1, 0.15) is 0 Å². The Labute approximate surface area is 138 Å². The van der Waals surface area contributed by atoms with Crippen molar-refractivity contribution in [1.82, 2.24) is 0 Å². The van der Waals surface area contributed by atoms with Gasteiger partial charge in [-0.3, -0.25) is 0 Å². The van der Waals surface area contributed by atoms with Crippen molar-refractivity contribution in [3.8, 4) is 21.6 Å². The number of rotatable bonds is 3. The summed E-state index contributed by atoms with van der Waals surface area (Å²) in [5.74, 6) is 0. The van der Waals surface area contributed by atoms with E-state index in [1.807, 2.05) is 0 Å². The molecule has 111 valence electrons. The van der Waals surface area contributed by atoms with Gasteiger partial charge in [-0.15, -0.1) is 22.7 Å². The van der Waals surface area contributed by atoms with Crippen LogP contribution in [0.3, 0.4) is 0 Å². The summed E-state index contributed by atoms with van der Waals surface area (Å²) in [7, 11) is 0. The van der Waals surface area contributed by atoms with E-state index in [0.29, 0.717) is 0 Å². The maximum atomic E-state index is 5.49. The Hall–Kier alpha value is -1.62. The van der Waals surface area contributed by atoms with Gasteiger partial charge < -0.3 is 9.64 Å². The minimum Gasteiger partial charge on any atom is -0.378 e. The van der Waals surface area contributed by atoms with Gasteiger partial charge in [-0.1, -0.05) is 24.3 Å². The van der Waals surface area contributed by atoms with Crippen LogP contribution in [-0.2, 0) is 4.74 Å². The molecule has 0 saturated carbocycles. The maximum absolute atomic E-state index is 5.49. The number of thiophene rings is 2. The molecule has 0 atom stereocenters. The van der Waals surface area contributed by atoms with Crippen LogP contribution in [0.4, 0.5) is 5.69 Å². The Morgan fingerprint density at radius 3 is 2.68 bits per heavy atom. The second kappa shape index (κ2) is 6.24. The summed E-state index contributed by atoms with van der Waals surface area (Å²) in [4.78, 5) is 3.73. The fourth-order valence-corrected chi connectivity index (χ4v) is 4.42. The molecule has 1 aliphatic heterocycles. The molecule has 0 N–H and O–H groups in total. The normalized spacial score (nSPS) is 15.2. The third-order valence-electron chi connectivity index (χ3n) is 3.92. The summed E-state index contributed by atoms with van der Waals surface area (Å²) in [6, 6.07) is 12.9. The second-order valence-electron chi connectivity index (χ2n) is 5.22. The largest absolute Gasteiger partial charge is 0.378 e. The van der Waals surface area contributed by atoms with E-state index in [1.165, 1.54) is 27.3 Å². The van der Waals surface area contributed by atoms with Crippen LogP contribution < -0.4 is 4.90 Å². The smallest absolute Gasteiger partial charge is 0.0642 e. The summed E-state index contributed by atoms with van der Waals surface area (Å²) in [5.41, 5.74) is 5.07. The van der Waals surface area contributed by atoms with E-state index in [2.05, 4.69) is 57.4 Å². The van der Waals surface area contributed by atoms with Gasteiger partial charge in [0.15, 0.2) is 0 Å². The number of ether oxygens (including phenoxy) is 1. The lowest BCUT2D eigenvalue weighted by Crippen LogP contribution is -2.36. The van der Waals surface area contributed by atoms with E-state index in [4.69, 9.17) is 4.74 Å². The van der Waals surface area contributed by atoms with Crippen molar-refractivity contribution in [2.24, 2.45) is 0 Å². The van der Waals surface area contributed by atoms with Crippen molar-refractivity contribution in [2.45, 2.75) is 0 Å². The molecular formula is C18H16NOS2. The molecule has 1 radical (unpaired) electrons. The molecule has 2 nitrogen and oxygen atoms in total. The predicted molar refractivity (Wildman–Crippen MR) is 94.9 cm³/mol. The zero-order valence-corrected chi connectivity index (χ0v) is 13.8. The van der Waals surface area contributed by atoms with Gasteiger partial charge in [0.2, 0.25) is 0 Å². The molecule has 22 heavy (non-hydrogen) atoms. The molecule has 1 fully saturated rings. The monoisotopic (exact) mass is 326 g/mol. The highest BCUT2D eigenvalue weighted by Crippen LogP contribution is 2.41. The molecular weight excluding hydrogens is 310 g/mol. The Morgan fingerprint density at radius 1 is 1.00 bits per heavy atom. The fourth-order valence-electron chi connectivity index (χ4n) is 2.84. The molecule has 1 aromatic carbocycles. The van der Waals surface area contributed by atoms with Crippen LogP contribution >= 0.6 is 22.7 Å². The van der Waals surface area contributed by atoms with E-state index < -0.39 is 0 Å². The molecule has 0 spiro atoms. The Kier molecular flexibility index (Phi) is 3.97. The number of hydrogen-bond acceptors (Lipinski definition) is 4. The van der Waals surface area contributed by atoms with Gasteiger partial charge in [0, 0.05) is 45.7 Å². The fraction of sp³-hybridized carbons (Fsp3) is 0.222. The first-order chi connectivity index (χ1) is 10.9. The lowest BCUT2D eigenvalue weighted by molar-refractivity contribution is 0.123. The molecule has 3 aromatic rings. The van der Waals surface area contributed by atoms with Gasteiger partial charge in [0.05, 0.1) is 18.6 Å². The summed E-state index contributed by atoms with van der Waals surface area (Å²) < 4.78 is 5.49. The molecule has 0 amide bonds. The Morgan fingerprint density at radius 2 is 1.86 bits per heavy atom. The Balaban J connectivity index is 1.79. The quantitative estimate of drug-likeness (QED) is 0.687. The summed E-state index contributed by atoms with van der Waals surface area (Å²) in [6.45, 7) is 3.52. The SMILES string of the molecule is [c]1scc(-c2cccs2)c1-c1ccccc1N1CCOCC1. The van der Waals surface area contributed by atoms with E-state index in [9.17, 15) is 0 Å². The molecule has 4 rings (SSSR count). The number of anilines is 1. The van der Waals surface area contributed by atoms with Crippen LogP contribution in [-0.4, -0.2) is 26.3 Å². The molecule has 0 unspecified atom stereocenters. The molecule has 2 aromatic heterocycles. The van der Waals surface area contributed by atoms with Gasteiger partial charge in [0.25, 0.3) is 0 Å². The predicted octanol–water partition coefficient (Wildman–Crippen LogP) is 4.78. The van der Waals surface area contributed by atoms with E-state index in [1.54, 1.807) is 22.7 Å². The molecule has 1 saturated heterocycles. The number of para-hydroxylation sites is 1. The summed E-state index contributed by atoms with van der Waals surface area (Å²) in [6.07, 6.45) is 0. The zero-order chi connectivity index (χ0) is 14.8. The summed E-state index contributed by atoms with van der Waals surface area (Å²) in [5, 5.41) is 7.82. The number of nitrogens with zero attached hydrogens (tertiary/aromatic N) is 1. The van der Waals surface area contributed by atoms with Crippen molar-refractivity contribution in [3.05, 3.63) is 52.5 Å². The minimum absolute atomic E-state index is 0.805. The standard InChI is InChI=1S/C18H16NOS2/c1-2-5-17(19-7-9-20-10-8-19)14(4-1)15-12-21-13-16(15)18-6-3-11-22-18/h1-6,11,13H,7-10H2. The first-order valence-electron chi connectivity index (χ1n) is 7.38. The van der Waals surface area contributed by atoms with Gasteiger partial charge in [0.1, 0.15) is 0 Å². The maximum Gasteiger partial charge on any atom is 0.0642 e. The van der Waals surface area contributed by atoms with Crippen LogP contribution in [0.5, 0.6) is 0 Å². The highest BCUT2D eigenvalue weighted by atomic mass is 32.1. The lowest BCUT2D eigenvalue weighted by atomic mass is 10.0. The molecule has 0 bridgehead atoms. The van der Waals surface area contributed by atoms with Gasteiger partial charge in [-0.2, -0.15) is 0 Å². The molecule has 3 heterocycles. The first kappa shape index (κ1) is 14.0. The molecule has 0 aliphatic carbocycles. The van der Waals surface area contributed by atoms with Crippen molar-refractivity contribution in [2.75, 3.05) is 31.2 Å². The van der Waals surface area contributed by atoms with Crippen molar-refractivity contribution < 1.29 is 4.74 Å². The molecule has 1 aliphatic rings. The average molecular weight is 326 g/mol. The van der Waals surface area contributed by atoms with Crippen molar-refractivity contribution >= 4 is 28.4 Å². The van der Waals surface area contributed by atoms with E-state index in [-0.39, 0.29) is 0 Å². The van der Waals surface area contributed by atoms with Crippen molar-refractivity contribution in [1.29, 1.82) is 0 Å². The number of hydrogen-bond donors (Lipinski definition) is 0. The van der Waals surface area contributed by atoms with Crippen LogP contribution in [0.15, 0.2) is 47.2 Å². The van der Waals surface area contributed by atoms with Crippen LogP contribution in [0.2, 0.25) is 0 Å². The second-order valence-corrected chi connectivity index (χ2v) is 6.84. The zero-order valence-electron chi connectivity index (χ0n) is 12.1. The third kappa shape index (κ3) is 2.58. The number of morpholine rings is 1. The van der Waals surface area contributed by atoms with Crippen LogP contribution in [0.25, 0.3) is 21.6 Å². The lowest BCUT2D eigenvalue weighted by Gasteiger charge is -2.30. The highest BCUT2D eigenvalue weighted by molar-refractivity contribution is 7.14. The van der Waals surface area contributed by atoms with Crippen LogP contribution in [0, 0.1) is 5.38 Å². The average Bonchev–Trinajstić information content (AvgIpc) is 3.26. The highest BCUT2D eigenvalue weighted by Gasteiger charge is 2.18. The topological polar surface area (TPSA) is 12.5 Å². The summed E-state index contributed by atoms with van der Waals surface area (Å²) >= 11 is 3.44. The van der Waals surface area contributed by atoms with Gasteiger partial charge >= 0.3 is 0 Å². The first-order valence-corrected chi connectivity index (χ1v) is 9.14. The van der Waals surface area contributed by atoms with Gasteiger partial charge in [-0.25, -0.2) is 0 Å².